The summed E-state index contributed by atoms with van der Waals surface area (Å²) in [6.07, 6.45) is 0. The van der Waals surface area contributed by atoms with Gasteiger partial charge in [-0.2, -0.15) is 0 Å². The van der Waals surface area contributed by atoms with Crippen LogP contribution in [0.25, 0.3) is 0 Å². The third-order valence-electron chi connectivity index (χ3n) is 2.90. The summed E-state index contributed by atoms with van der Waals surface area (Å²) < 4.78 is 0. The van der Waals surface area contributed by atoms with Crippen LogP contribution in [0.5, 0.6) is 11.5 Å². The van der Waals surface area contributed by atoms with Gasteiger partial charge in [-0.1, -0.05) is 30.4 Å². The topological polar surface area (TPSA) is 95.6 Å². The van der Waals surface area contributed by atoms with Gasteiger partial charge in [0, 0.05) is 17.7 Å². The highest BCUT2D eigenvalue weighted by Crippen LogP contribution is 2.24. The second-order valence-electron chi connectivity index (χ2n) is 4.45. The SMILES string of the molecule is NC(=S)c1cccc(CNC(=O)c2ccc(O)c(O)c2)c1. The molecule has 2 rings (SSSR count). The number of thiocarbonyl (C=S) groups is 1. The molecule has 0 aliphatic heterocycles. The average Bonchev–Trinajstić information content (AvgIpc) is 2.48. The van der Waals surface area contributed by atoms with Crippen LogP contribution in [0, 0.1) is 0 Å². The van der Waals surface area contributed by atoms with Crippen LogP contribution in [0.2, 0.25) is 0 Å². The molecule has 21 heavy (non-hydrogen) atoms. The third-order valence-corrected chi connectivity index (χ3v) is 3.14. The summed E-state index contributed by atoms with van der Waals surface area (Å²) in [4.78, 5) is 12.2. The van der Waals surface area contributed by atoms with Crippen LogP contribution in [0.3, 0.4) is 0 Å². The van der Waals surface area contributed by atoms with Crippen molar-refractivity contribution in [1.82, 2.24) is 5.32 Å². The number of phenols is 2. The van der Waals surface area contributed by atoms with Crippen molar-refractivity contribution in [2.24, 2.45) is 5.73 Å². The summed E-state index contributed by atoms with van der Waals surface area (Å²) >= 11 is 4.90. The van der Waals surface area contributed by atoms with Crippen molar-refractivity contribution in [3.8, 4) is 11.5 Å². The summed E-state index contributed by atoms with van der Waals surface area (Å²) in [7, 11) is 0. The van der Waals surface area contributed by atoms with E-state index in [1.54, 1.807) is 12.1 Å². The number of rotatable bonds is 4. The van der Waals surface area contributed by atoms with Gasteiger partial charge in [0.2, 0.25) is 0 Å². The molecule has 0 radical (unpaired) electrons. The Kier molecular flexibility index (Phi) is 4.39. The zero-order valence-corrected chi connectivity index (χ0v) is 11.9. The fourth-order valence-electron chi connectivity index (χ4n) is 1.78. The fraction of sp³-hybridized carbons (Fsp3) is 0.0667. The Hall–Kier alpha value is -2.60. The van der Waals surface area contributed by atoms with E-state index in [0.717, 1.165) is 11.1 Å². The van der Waals surface area contributed by atoms with Gasteiger partial charge in [-0.25, -0.2) is 0 Å². The predicted octanol–water partition coefficient (Wildman–Crippen LogP) is 1.66. The average molecular weight is 302 g/mol. The molecule has 108 valence electrons. The van der Waals surface area contributed by atoms with Gasteiger partial charge in [0.1, 0.15) is 4.99 Å². The minimum atomic E-state index is -0.356. The Morgan fingerprint density at radius 3 is 2.52 bits per heavy atom. The fourth-order valence-corrected chi connectivity index (χ4v) is 1.91. The molecule has 0 aliphatic carbocycles. The molecule has 0 atom stereocenters. The van der Waals surface area contributed by atoms with Crippen molar-refractivity contribution in [2.75, 3.05) is 0 Å². The Balaban J connectivity index is 2.05. The van der Waals surface area contributed by atoms with E-state index in [4.69, 9.17) is 18.0 Å². The van der Waals surface area contributed by atoms with Crippen molar-refractivity contribution in [3.05, 3.63) is 59.2 Å². The number of carbonyl (C=O) groups excluding carboxylic acids is 1. The lowest BCUT2D eigenvalue weighted by molar-refractivity contribution is 0.0950. The lowest BCUT2D eigenvalue weighted by Gasteiger charge is -2.07. The second kappa shape index (κ2) is 6.23. The molecule has 2 aromatic carbocycles. The number of aromatic hydroxyl groups is 2. The van der Waals surface area contributed by atoms with Gasteiger partial charge in [0.25, 0.3) is 5.91 Å². The van der Waals surface area contributed by atoms with Gasteiger partial charge in [-0.3, -0.25) is 4.79 Å². The van der Waals surface area contributed by atoms with E-state index in [9.17, 15) is 15.0 Å². The maximum absolute atomic E-state index is 11.9. The first-order valence-electron chi connectivity index (χ1n) is 6.16. The van der Waals surface area contributed by atoms with Crippen molar-refractivity contribution in [1.29, 1.82) is 0 Å². The molecule has 0 aliphatic rings. The summed E-state index contributed by atoms with van der Waals surface area (Å²) in [5, 5.41) is 21.3. The maximum Gasteiger partial charge on any atom is 0.251 e. The molecule has 0 unspecified atom stereocenters. The Labute approximate surface area is 127 Å². The summed E-state index contributed by atoms with van der Waals surface area (Å²) in [5.41, 5.74) is 7.41. The van der Waals surface area contributed by atoms with Crippen molar-refractivity contribution in [3.63, 3.8) is 0 Å². The van der Waals surface area contributed by atoms with E-state index in [2.05, 4.69) is 5.32 Å². The van der Waals surface area contributed by atoms with Crippen molar-refractivity contribution in [2.45, 2.75) is 6.54 Å². The second-order valence-corrected chi connectivity index (χ2v) is 4.89. The minimum Gasteiger partial charge on any atom is -0.504 e. The van der Waals surface area contributed by atoms with Crippen LogP contribution >= 0.6 is 12.2 Å². The molecule has 0 heterocycles. The van der Waals surface area contributed by atoms with Gasteiger partial charge in [0.05, 0.1) is 0 Å². The lowest BCUT2D eigenvalue weighted by atomic mass is 10.1. The molecule has 0 saturated carbocycles. The highest BCUT2D eigenvalue weighted by Gasteiger charge is 2.08. The normalized spacial score (nSPS) is 10.1. The van der Waals surface area contributed by atoms with Crippen LogP contribution in [0.1, 0.15) is 21.5 Å². The molecule has 5 nitrogen and oxygen atoms in total. The molecule has 6 heteroatoms. The summed E-state index contributed by atoms with van der Waals surface area (Å²) in [5.74, 6) is -0.958. The lowest BCUT2D eigenvalue weighted by Crippen LogP contribution is -2.23. The maximum atomic E-state index is 11.9. The number of nitrogens with one attached hydrogen (secondary N) is 1. The highest BCUT2D eigenvalue weighted by atomic mass is 32.1. The monoisotopic (exact) mass is 302 g/mol. The molecule has 0 fully saturated rings. The van der Waals surface area contributed by atoms with E-state index in [1.165, 1.54) is 18.2 Å². The standard InChI is InChI=1S/C15H14N2O3S/c16-14(21)10-3-1-2-9(6-10)8-17-15(20)11-4-5-12(18)13(19)7-11/h1-7,18-19H,8H2,(H2,16,21)(H,17,20). The molecule has 0 spiro atoms. The van der Waals surface area contributed by atoms with Crippen LogP contribution in [-0.4, -0.2) is 21.1 Å². The first-order chi connectivity index (χ1) is 9.97. The number of carbonyl (C=O) groups is 1. The quantitative estimate of drug-likeness (QED) is 0.509. The number of hydrogen-bond acceptors (Lipinski definition) is 4. The van der Waals surface area contributed by atoms with E-state index in [1.807, 2.05) is 12.1 Å². The molecular weight excluding hydrogens is 288 g/mol. The number of benzene rings is 2. The molecule has 0 saturated heterocycles. The number of phenolic OH excluding ortho intramolecular Hbond substituents is 2. The van der Waals surface area contributed by atoms with E-state index < -0.39 is 0 Å². The van der Waals surface area contributed by atoms with Gasteiger partial charge in [-0.05, 0) is 29.8 Å². The van der Waals surface area contributed by atoms with Gasteiger partial charge in [-0.15, -0.1) is 0 Å². The molecule has 2 aromatic rings. The van der Waals surface area contributed by atoms with Crippen LogP contribution in [0.4, 0.5) is 0 Å². The smallest absolute Gasteiger partial charge is 0.251 e. The first-order valence-corrected chi connectivity index (χ1v) is 6.57. The Morgan fingerprint density at radius 1 is 1.10 bits per heavy atom. The van der Waals surface area contributed by atoms with Crippen LogP contribution in [-0.2, 0) is 6.54 Å². The Morgan fingerprint density at radius 2 is 1.86 bits per heavy atom. The zero-order chi connectivity index (χ0) is 15.4. The third kappa shape index (κ3) is 3.70. The molecule has 1 amide bonds. The molecular formula is C15H14N2O3S. The van der Waals surface area contributed by atoms with Gasteiger partial charge < -0.3 is 21.3 Å². The van der Waals surface area contributed by atoms with Crippen molar-refractivity contribution >= 4 is 23.1 Å². The van der Waals surface area contributed by atoms with Gasteiger partial charge in [0.15, 0.2) is 11.5 Å². The predicted molar refractivity (Wildman–Crippen MR) is 83.3 cm³/mol. The van der Waals surface area contributed by atoms with Crippen molar-refractivity contribution < 1.29 is 15.0 Å². The van der Waals surface area contributed by atoms with Crippen LogP contribution < -0.4 is 11.1 Å². The van der Waals surface area contributed by atoms with Gasteiger partial charge >= 0.3 is 0 Å². The highest BCUT2D eigenvalue weighted by molar-refractivity contribution is 7.80. The summed E-state index contributed by atoms with van der Waals surface area (Å²) in [6, 6.07) is 11.1. The van der Waals surface area contributed by atoms with E-state index in [-0.39, 0.29) is 23.0 Å². The minimum absolute atomic E-state index is 0.260. The first kappa shape index (κ1) is 14.8. The number of nitrogens with two attached hydrogens (primary N) is 1. The molecule has 0 bridgehead atoms. The zero-order valence-electron chi connectivity index (χ0n) is 11.0. The Bertz CT molecular complexity index is 701. The molecule has 0 aromatic heterocycles. The number of hydrogen-bond donors (Lipinski definition) is 4. The van der Waals surface area contributed by atoms with E-state index >= 15 is 0 Å². The largest absolute Gasteiger partial charge is 0.504 e. The summed E-state index contributed by atoms with van der Waals surface area (Å²) in [6.45, 7) is 0.303. The number of amides is 1. The molecule has 5 N–H and O–H groups in total. The van der Waals surface area contributed by atoms with Crippen LogP contribution in [0.15, 0.2) is 42.5 Å². The van der Waals surface area contributed by atoms with E-state index in [0.29, 0.717) is 11.5 Å².